The van der Waals surface area contributed by atoms with Gasteiger partial charge in [-0.25, -0.2) is 0 Å². The first kappa shape index (κ1) is 18.0. The van der Waals surface area contributed by atoms with Gasteiger partial charge in [-0.3, -0.25) is 9.36 Å². The molecule has 0 radical (unpaired) electrons. The minimum absolute atomic E-state index is 0.0229. The van der Waals surface area contributed by atoms with Crippen molar-refractivity contribution in [3.8, 4) is 5.13 Å². The molecule has 1 aromatic carbocycles. The van der Waals surface area contributed by atoms with Crippen LogP contribution in [0.1, 0.15) is 18.4 Å². The highest BCUT2D eigenvalue weighted by Gasteiger charge is 2.28. The Kier molecular flexibility index (Phi) is 5.13. The van der Waals surface area contributed by atoms with Gasteiger partial charge in [0.05, 0.1) is 5.92 Å². The number of hydrogen-bond acceptors (Lipinski definition) is 5. The van der Waals surface area contributed by atoms with E-state index in [-0.39, 0.29) is 11.8 Å². The van der Waals surface area contributed by atoms with E-state index in [0.29, 0.717) is 11.6 Å². The lowest BCUT2D eigenvalue weighted by molar-refractivity contribution is -0.120. The molecule has 0 unspecified atom stereocenters. The van der Waals surface area contributed by atoms with Crippen LogP contribution < -0.4 is 10.2 Å². The van der Waals surface area contributed by atoms with E-state index in [9.17, 15) is 4.79 Å². The maximum atomic E-state index is 12.7. The van der Waals surface area contributed by atoms with Gasteiger partial charge in [-0.1, -0.05) is 29.0 Å². The number of nitrogens with zero attached hydrogens (tertiary/aromatic N) is 4. The second kappa shape index (κ2) is 7.70. The van der Waals surface area contributed by atoms with Crippen LogP contribution in [0.15, 0.2) is 42.7 Å². The van der Waals surface area contributed by atoms with Crippen molar-refractivity contribution >= 4 is 39.7 Å². The number of nitrogens with one attached hydrogen (secondary N) is 1. The molecule has 1 aliphatic rings. The third-order valence-corrected chi connectivity index (χ3v) is 6.14. The predicted molar refractivity (Wildman–Crippen MR) is 109 cm³/mol. The van der Waals surface area contributed by atoms with E-state index in [4.69, 9.17) is 11.6 Å². The molecule has 0 bridgehead atoms. The third-order valence-electron chi connectivity index (χ3n) is 4.73. The zero-order valence-electron chi connectivity index (χ0n) is 14.9. The summed E-state index contributed by atoms with van der Waals surface area (Å²) in [6, 6.07) is 9.51. The van der Waals surface area contributed by atoms with Gasteiger partial charge < -0.3 is 10.2 Å². The van der Waals surface area contributed by atoms with Gasteiger partial charge in [0, 0.05) is 36.2 Å². The fourth-order valence-corrected chi connectivity index (χ4v) is 4.21. The molecule has 1 amide bonds. The fourth-order valence-electron chi connectivity index (χ4n) is 3.18. The Hall–Kier alpha value is -2.38. The van der Waals surface area contributed by atoms with Crippen LogP contribution in [0, 0.1) is 12.8 Å². The zero-order valence-corrected chi connectivity index (χ0v) is 16.5. The van der Waals surface area contributed by atoms with Crippen LogP contribution >= 0.6 is 22.9 Å². The molecule has 1 fully saturated rings. The van der Waals surface area contributed by atoms with Crippen molar-refractivity contribution in [3.63, 3.8) is 0 Å². The van der Waals surface area contributed by atoms with E-state index in [1.165, 1.54) is 11.3 Å². The summed E-state index contributed by atoms with van der Waals surface area (Å²) in [7, 11) is 0. The number of rotatable bonds is 4. The Labute approximate surface area is 166 Å². The number of halogens is 1. The standard InChI is InChI=1S/C19H20ClN5OS/c1-13-6-7-15(11-16(13)20)21-17(26)14-5-4-10-25(12-14)19-23-22-18(27-19)24-8-2-3-9-24/h2-3,6-9,11,14H,4-5,10,12H2,1H3,(H,21,26)/t14-/m0/s1. The summed E-state index contributed by atoms with van der Waals surface area (Å²) in [5.74, 6) is -0.0625. The van der Waals surface area contributed by atoms with E-state index in [1.807, 2.05) is 48.1 Å². The Morgan fingerprint density at radius 1 is 1.26 bits per heavy atom. The highest BCUT2D eigenvalue weighted by molar-refractivity contribution is 7.17. The highest BCUT2D eigenvalue weighted by atomic mass is 35.5. The van der Waals surface area contributed by atoms with E-state index in [1.54, 1.807) is 6.07 Å². The van der Waals surface area contributed by atoms with Crippen molar-refractivity contribution < 1.29 is 4.79 Å². The van der Waals surface area contributed by atoms with Gasteiger partial charge in [-0.15, -0.1) is 10.2 Å². The average Bonchev–Trinajstić information content (AvgIpc) is 3.36. The molecule has 27 heavy (non-hydrogen) atoms. The Bertz CT molecular complexity index is 939. The molecule has 2 aromatic heterocycles. The third kappa shape index (κ3) is 3.99. The maximum Gasteiger partial charge on any atom is 0.229 e. The molecule has 1 N–H and O–H groups in total. The van der Waals surface area contributed by atoms with E-state index in [2.05, 4.69) is 20.4 Å². The predicted octanol–water partition coefficient (Wildman–Crippen LogP) is 4.15. The Balaban J connectivity index is 1.43. The van der Waals surface area contributed by atoms with E-state index in [0.717, 1.165) is 40.9 Å². The van der Waals surface area contributed by atoms with Crippen LogP contribution in [-0.2, 0) is 4.79 Å². The van der Waals surface area contributed by atoms with Gasteiger partial charge >= 0.3 is 0 Å². The number of aryl methyl sites for hydroxylation is 1. The number of carbonyl (C=O) groups is 1. The van der Waals surface area contributed by atoms with E-state index < -0.39 is 0 Å². The normalized spacial score (nSPS) is 17.1. The van der Waals surface area contributed by atoms with Gasteiger partial charge in [-0.05, 0) is 49.6 Å². The molecule has 140 valence electrons. The van der Waals surface area contributed by atoms with Crippen LogP contribution in [0.2, 0.25) is 5.02 Å². The number of anilines is 2. The number of amides is 1. The van der Waals surface area contributed by atoms with Crippen molar-refractivity contribution in [2.45, 2.75) is 19.8 Å². The number of carbonyl (C=O) groups excluding carboxylic acids is 1. The minimum atomic E-state index is -0.0854. The highest BCUT2D eigenvalue weighted by Crippen LogP contribution is 2.28. The van der Waals surface area contributed by atoms with Crippen molar-refractivity contribution in [1.29, 1.82) is 0 Å². The molecular formula is C19H20ClN5OS. The lowest BCUT2D eigenvalue weighted by Gasteiger charge is -2.31. The Morgan fingerprint density at radius 2 is 2.04 bits per heavy atom. The first-order chi connectivity index (χ1) is 13.1. The maximum absolute atomic E-state index is 12.7. The number of piperidine rings is 1. The molecule has 1 atom stereocenters. The topological polar surface area (TPSA) is 63.1 Å². The molecule has 0 aliphatic carbocycles. The van der Waals surface area contributed by atoms with Crippen molar-refractivity contribution in [2.75, 3.05) is 23.3 Å². The number of benzene rings is 1. The summed E-state index contributed by atoms with van der Waals surface area (Å²) in [5, 5.41) is 13.9. The monoisotopic (exact) mass is 401 g/mol. The second-order valence-electron chi connectivity index (χ2n) is 6.70. The minimum Gasteiger partial charge on any atom is -0.346 e. The van der Waals surface area contributed by atoms with Crippen LogP contribution in [-0.4, -0.2) is 33.8 Å². The van der Waals surface area contributed by atoms with Gasteiger partial charge in [0.2, 0.25) is 16.2 Å². The fraction of sp³-hybridized carbons (Fsp3) is 0.316. The largest absolute Gasteiger partial charge is 0.346 e. The molecule has 6 nitrogen and oxygen atoms in total. The van der Waals surface area contributed by atoms with E-state index >= 15 is 0 Å². The second-order valence-corrected chi connectivity index (χ2v) is 8.04. The lowest BCUT2D eigenvalue weighted by atomic mass is 9.97. The van der Waals surface area contributed by atoms with Crippen molar-refractivity contribution in [1.82, 2.24) is 14.8 Å². The van der Waals surface area contributed by atoms with Gasteiger partial charge in [0.1, 0.15) is 0 Å². The summed E-state index contributed by atoms with van der Waals surface area (Å²) in [5.41, 5.74) is 1.73. The number of aromatic nitrogens is 3. The molecule has 1 aliphatic heterocycles. The SMILES string of the molecule is Cc1ccc(NC(=O)[C@H]2CCCN(c3nnc(-n4cccc4)s3)C2)cc1Cl. The average molecular weight is 402 g/mol. The summed E-state index contributed by atoms with van der Waals surface area (Å²) in [4.78, 5) is 14.9. The van der Waals surface area contributed by atoms with Crippen LogP contribution in [0.5, 0.6) is 0 Å². The molecular weight excluding hydrogens is 382 g/mol. The van der Waals surface area contributed by atoms with Gasteiger partial charge in [-0.2, -0.15) is 0 Å². The summed E-state index contributed by atoms with van der Waals surface area (Å²) >= 11 is 7.69. The van der Waals surface area contributed by atoms with Crippen LogP contribution in [0.3, 0.4) is 0 Å². The van der Waals surface area contributed by atoms with Gasteiger partial charge in [0.25, 0.3) is 0 Å². The molecule has 3 heterocycles. The zero-order chi connectivity index (χ0) is 18.8. The molecule has 0 saturated carbocycles. The molecule has 0 spiro atoms. The quantitative estimate of drug-likeness (QED) is 0.713. The summed E-state index contributed by atoms with van der Waals surface area (Å²) in [6.45, 7) is 3.48. The number of hydrogen-bond donors (Lipinski definition) is 1. The molecule has 8 heteroatoms. The van der Waals surface area contributed by atoms with Crippen molar-refractivity contribution in [3.05, 3.63) is 53.3 Å². The van der Waals surface area contributed by atoms with Gasteiger partial charge in [0.15, 0.2) is 0 Å². The molecule has 4 rings (SSSR count). The summed E-state index contributed by atoms with van der Waals surface area (Å²) < 4.78 is 1.94. The van der Waals surface area contributed by atoms with Crippen LogP contribution in [0.25, 0.3) is 5.13 Å². The lowest BCUT2D eigenvalue weighted by Crippen LogP contribution is -2.40. The smallest absolute Gasteiger partial charge is 0.229 e. The van der Waals surface area contributed by atoms with Crippen LogP contribution in [0.4, 0.5) is 10.8 Å². The first-order valence-corrected chi connectivity index (χ1v) is 10.1. The molecule has 1 saturated heterocycles. The summed E-state index contributed by atoms with van der Waals surface area (Å²) in [6.07, 6.45) is 5.71. The Morgan fingerprint density at radius 3 is 2.81 bits per heavy atom. The molecule has 3 aromatic rings. The van der Waals surface area contributed by atoms with Crippen molar-refractivity contribution in [2.24, 2.45) is 5.92 Å². The first-order valence-electron chi connectivity index (χ1n) is 8.89.